The summed E-state index contributed by atoms with van der Waals surface area (Å²) in [7, 11) is 0. The molecule has 1 aromatic rings. The maximum absolute atomic E-state index is 12.6. The van der Waals surface area contributed by atoms with Crippen LogP contribution in [-0.4, -0.2) is 10.9 Å². The Hall–Kier alpha value is -1.63. The molecule has 1 fully saturated rings. The minimum atomic E-state index is -4.39. The number of carbonyl (C=O) groups excluding carboxylic acids is 1. The van der Waals surface area contributed by atoms with Crippen molar-refractivity contribution < 1.29 is 18.0 Å². The molecule has 1 aromatic carbocycles. The second-order valence-electron chi connectivity index (χ2n) is 5.18. The van der Waals surface area contributed by atoms with E-state index in [4.69, 9.17) is 18.0 Å². The van der Waals surface area contributed by atoms with Crippen LogP contribution in [0.5, 0.6) is 0 Å². The number of hydrogen-bond donors (Lipinski definition) is 2. The topological polar surface area (TPSA) is 55.1 Å². The zero-order valence-electron chi connectivity index (χ0n) is 11.2. The summed E-state index contributed by atoms with van der Waals surface area (Å²) in [5.41, 5.74) is 4.43. The fourth-order valence-corrected chi connectivity index (χ4v) is 2.62. The molecule has 114 valence electrons. The normalized spacial score (nSPS) is 16.9. The van der Waals surface area contributed by atoms with E-state index in [-0.39, 0.29) is 17.4 Å². The molecule has 1 amide bonds. The van der Waals surface area contributed by atoms with Gasteiger partial charge in [0.05, 0.1) is 16.0 Å². The number of carbonyl (C=O) groups is 1. The van der Waals surface area contributed by atoms with Gasteiger partial charge in [-0.1, -0.05) is 30.8 Å². The van der Waals surface area contributed by atoms with Gasteiger partial charge in [-0.3, -0.25) is 4.79 Å². The average Bonchev–Trinajstić information content (AvgIpc) is 2.34. The summed E-state index contributed by atoms with van der Waals surface area (Å²) in [6, 6.07) is 4.86. The molecule has 3 nitrogen and oxygen atoms in total. The lowest BCUT2D eigenvalue weighted by Crippen LogP contribution is -2.52. The Kier molecular flexibility index (Phi) is 4.22. The molecular formula is C14H15F3N2OS. The monoisotopic (exact) mass is 316 g/mol. The van der Waals surface area contributed by atoms with E-state index in [0.717, 1.165) is 18.6 Å². The predicted molar refractivity (Wildman–Crippen MR) is 76.4 cm³/mol. The molecule has 0 bridgehead atoms. The number of amides is 1. The number of benzene rings is 1. The number of halogens is 3. The van der Waals surface area contributed by atoms with Gasteiger partial charge in [0.2, 0.25) is 5.91 Å². The Labute approximate surface area is 125 Å². The predicted octanol–water partition coefficient (Wildman–Crippen LogP) is 2.78. The largest absolute Gasteiger partial charge is 0.416 e. The second-order valence-corrected chi connectivity index (χ2v) is 5.62. The van der Waals surface area contributed by atoms with E-state index < -0.39 is 17.2 Å². The van der Waals surface area contributed by atoms with Crippen molar-refractivity contribution in [3.05, 3.63) is 35.4 Å². The van der Waals surface area contributed by atoms with E-state index in [9.17, 15) is 18.0 Å². The molecule has 0 aliphatic heterocycles. The number of hydrogen-bond acceptors (Lipinski definition) is 2. The molecule has 0 atom stereocenters. The van der Waals surface area contributed by atoms with Crippen LogP contribution in [0.4, 0.5) is 13.2 Å². The first kappa shape index (κ1) is 15.8. The molecule has 1 aliphatic carbocycles. The first-order valence-electron chi connectivity index (χ1n) is 6.50. The molecule has 0 aromatic heterocycles. The van der Waals surface area contributed by atoms with Crippen LogP contribution in [0.25, 0.3) is 0 Å². The van der Waals surface area contributed by atoms with Crippen molar-refractivity contribution in [1.82, 2.24) is 5.32 Å². The van der Waals surface area contributed by atoms with Crippen LogP contribution in [0.2, 0.25) is 0 Å². The molecule has 21 heavy (non-hydrogen) atoms. The van der Waals surface area contributed by atoms with Gasteiger partial charge in [0.25, 0.3) is 0 Å². The molecule has 1 aliphatic rings. The highest BCUT2D eigenvalue weighted by Gasteiger charge is 2.46. The van der Waals surface area contributed by atoms with Gasteiger partial charge in [0.15, 0.2) is 0 Å². The molecule has 0 radical (unpaired) electrons. The molecule has 1 saturated carbocycles. The molecule has 2 rings (SSSR count). The summed E-state index contributed by atoms with van der Waals surface area (Å²) in [5, 5.41) is 2.63. The van der Waals surface area contributed by atoms with Gasteiger partial charge in [-0.2, -0.15) is 13.2 Å². The standard InChI is InChI=1S/C14H15F3N2OS/c15-14(16,17)10-4-1-3-9(7-10)8-19-12(20)13(11(18)21)5-2-6-13/h1,3-4,7H,2,5-6,8H2,(H2,18,21)(H,19,20). The Bertz CT molecular complexity index is 568. The molecule has 3 N–H and O–H groups in total. The highest BCUT2D eigenvalue weighted by atomic mass is 32.1. The zero-order chi connectivity index (χ0) is 15.7. The van der Waals surface area contributed by atoms with Crippen LogP contribution in [0.3, 0.4) is 0 Å². The van der Waals surface area contributed by atoms with E-state index in [2.05, 4.69) is 5.32 Å². The van der Waals surface area contributed by atoms with Crippen LogP contribution < -0.4 is 11.1 Å². The molecule has 0 saturated heterocycles. The van der Waals surface area contributed by atoms with Crippen LogP contribution in [-0.2, 0) is 17.5 Å². The van der Waals surface area contributed by atoms with Gasteiger partial charge >= 0.3 is 6.18 Å². The molecule has 0 spiro atoms. The third kappa shape index (κ3) is 3.18. The number of nitrogens with one attached hydrogen (secondary N) is 1. The number of alkyl halides is 3. The van der Waals surface area contributed by atoms with Gasteiger partial charge in [-0.05, 0) is 30.5 Å². The maximum Gasteiger partial charge on any atom is 0.416 e. The van der Waals surface area contributed by atoms with Crippen molar-refractivity contribution in [3.63, 3.8) is 0 Å². The van der Waals surface area contributed by atoms with Crippen molar-refractivity contribution in [2.75, 3.05) is 0 Å². The summed E-state index contributed by atoms with van der Waals surface area (Å²) in [6.45, 7) is 0.0209. The Balaban J connectivity index is 2.03. The third-order valence-electron chi connectivity index (χ3n) is 3.82. The molecule has 7 heteroatoms. The SMILES string of the molecule is NC(=S)C1(C(=O)NCc2cccc(C(F)(F)F)c2)CCC1. The first-order chi connectivity index (χ1) is 9.75. The lowest BCUT2D eigenvalue weighted by Gasteiger charge is -2.39. The van der Waals surface area contributed by atoms with Crippen LogP contribution >= 0.6 is 12.2 Å². The van der Waals surface area contributed by atoms with E-state index in [0.29, 0.717) is 18.4 Å². The van der Waals surface area contributed by atoms with Gasteiger partial charge in [-0.15, -0.1) is 0 Å². The van der Waals surface area contributed by atoms with Gasteiger partial charge in [-0.25, -0.2) is 0 Å². The van der Waals surface area contributed by atoms with Crippen molar-refractivity contribution >= 4 is 23.1 Å². The number of rotatable bonds is 4. The van der Waals surface area contributed by atoms with Crippen LogP contribution in [0, 0.1) is 5.41 Å². The lowest BCUT2D eigenvalue weighted by atomic mass is 9.68. The highest BCUT2D eigenvalue weighted by Crippen LogP contribution is 2.41. The minimum Gasteiger partial charge on any atom is -0.392 e. The Morgan fingerprint density at radius 2 is 2.05 bits per heavy atom. The lowest BCUT2D eigenvalue weighted by molar-refractivity contribution is -0.137. The summed E-state index contributed by atoms with van der Waals surface area (Å²) in [4.78, 5) is 12.3. The molecule has 0 heterocycles. The summed E-state index contributed by atoms with van der Waals surface area (Å²) >= 11 is 4.93. The van der Waals surface area contributed by atoms with Gasteiger partial charge in [0, 0.05) is 6.54 Å². The molecule has 0 unspecified atom stereocenters. The quantitative estimate of drug-likeness (QED) is 0.840. The molecular weight excluding hydrogens is 301 g/mol. The summed E-state index contributed by atoms with van der Waals surface area (Å²) in [6.07, 6.45) is -2.34. The fourth-order valence-electron chi connectivity index (χ4n) is 2.32. The maximum atomic E-state index is 12.6. The fraction of sp³-hybridized carbons (Fsp3) is 0.429. The Morgan fingerprint density at radius 3 is 2.52 bits per heavy atom. The van der Waals surface area contributed by atoms with E-state index in [1.54, 1.807) is 0 Å². The first-order valence-corrected chi connectivity index (χ1v) is 6.91. The summed E-state index contributed by atoms with van der Waals surface area (Å²) < 4.78 is 37.8. The van der Waals surface area contributed by atoms with Crippen molar-refractivity contribution in [2.24, 2.45) is 11.1 Å². The number of thiocarbonyl (C=S) groups is 1. The van der Waals surface area contributed by atoms with Gasteiger partial charge < -0.3 is 11.1 Å². The zero-order valence-corrected chi connectivity index (χ0v) is 12.0. The van der Waals surface area contributed by atoms with E-state index in [1.165, 1.54) is 12.1 Å². The average molecular weight is 316 g/mol. The van der Waals surface area contributed by atoms with Crippen molar-refractivity contribution in [1.29, 1.82) is 0 Å². The van der Waals surface area contributed by atoms with Crippen molar-refractivity contribution in [2.45, 2.75) is 32.0 Å². The van der Waals surface area contributed by atoms with Crippen LogP contribution in [0.1, 0.15) is 30.4 Å². The van der Waals surface area contributed by atoms with E-state index >= 15 is 0 Å². The van der Waals surface area contributed by atoms with E-state index in [1.807, 2.05) is 0 Å². The van der Waals surface area contributed by atoms with Gasteiger partial charge in [0.1, 0.15) is 0 Å². The Morgan fingerprint density at radius 1 is 1.38 bits per heavy atom. The second kappa shape index (κ2) is 5.63. The smallest absolute Gasteiger partial charge is 0.392 e. The minimum absolute atomic E-state index is 0.0209. The summed E-state index contributed by atoms with van der Waals surface area (Å²) in [5.74, 6) is -0.307. The van der Waals surface area contributed by atoms with Crippen LogP contribution in [0.15, 0.2) is 24.3 Å². The highest BCUT2D eigenvalue weighted by molar-refractivity contribution is 7.80. The third-order valence-corrected chi connectivity index (χ3v) is 4.21. The van der Waals surface area contributed by atoms with Crippen molar-refractivity contribution in [3.8, 4) is 0 Å². The number of nitrogens with two attached hydrogens (primary N) is 1.